The molecule has 0 amide bonds. The average Bonchev–Trinajstić information content (AvgIpc) is 2.27. The quantitative estimate of drug-likeness (QED) is 0.670. The highest BCUT2D eigenvalue weighted by Crippen LogP contribution is 2.53. The van der Waals surface area contributed by atoms with Crippen molar-refractivity contribution < 1.29 is 0 Å². The van der Waals surface area contributed by atoms with Crippen LogP contribution in [0.15, 0.2) is 24.3 Å². The van der Waals surface area contributed by atoms with Gasteiger partial charge in [0.15, 0.2) is 0 Å². The fourth-order valence-electron chi connectivity index (χ4n) is 4.15. The van der Waals surface area contributed by atoms with Crippen LogP contribution in [0.1, 0.15) is 59.1 Å². The summed E-state index contributed by atoms with van der Waals surface area (Å²) < 4.78 is 0. The average molecular weight is 244 g/mol. The summed E-state index contributed by atoms with van der Waals surface area (Å²) >= 11 is 0. The molecule has 0 spiro atoms. The number of benzene rings is 1. The predicted octanol–water partition coefficient (Wildman–Crippen LogP) is 5.21. The van der Waals surface area contributed by atoms with E-state index >= 15 is 0 Å². The zero-order valence-electron chi connectivity index (χ0n) is 12.9. The SMILES string of the molecule is CC(C)C1(C(C)C)Cc2ccccc2C(C)(C)C1. The molecule has 1 aliphatic rings. The van der Waals surface area contributed by atoms with Gasteiger partial charge in [-0.1, -0.05) is 65.8 Å². The van der Waals surface area contributed by atoms with Gasteiger partial charge in [-0.15, -0.1) is 0 Å². The van der Waals surface area contributed by atoms with Crippen LogP contribution in [0.3, 0.4) is 0 Å². The molecule has 18 heavy (non-hydrogen) atoms. The van der Waals surface area contributed by atoms with Crippen LogP contribution in [0.25, 0.3) is 0 Å². The van der Waals surface area contributed by atoms with Crippen molar-refractivity contribution >= 4 is 0 Å². The third kappa shape index (κ3) is 2.00. The largest absolute Gasteiger partial charge is 0.0622 e. The molecule has 0 N–H and O–H groups in total. The summed E-state index contributed by atoms with van der Waals surface area (Å²) in [7, 11) is 0. The van der Waals surface area contributed by atoms with Crippen LogP contribution in [-0.4, -0.2) is 0 Å². The molecule has 100 valence electrons. The first-order chi connectivity index (χ1) is 8.29. The normalized spacial score (nSPS) is 21.1. The molecule has 0 bridgehead atoms. The lowest BCUT2D eigenvalue weighted by Crippen LogP contribution is -2.45. The Morgan fingerprint density at radius 3 is 2.06 bits per heavy atom. The third-order valence-corrected chi connectivity index (χ3v) is 5.34. The van der Waals surface area contributed by atoms with Crippen molar-refractivity contribution in [1.82, 2.24) is 0 Å². The van der Waals surface area contributed by atoms with Crippen LogP contribution in [0.2, 0.25) is 0 Å². The zero-order valence-corrected chi connectivity index (χ0v) is 12.9. The molecule has 1 aromatic rings. The fourth-order valence-corrected chi connectivity index (χ4v) is 4.15. The van der Waals surface area contributed by atoms with E-state index in [4.69, 9.17) is 0 Å². The van der Waals surface area contributed by atoms with E-state index in [0.29, 0.717) is 10.8 Å². The standard InChI is InChI=1S/C18H28/c1-13(2)18(14(3)4)11-15-9-7-8-10-16(15)17(5,6)12-18/h7-10,13-14H,11-12H2,1-6H3. The monoisotopic (exact) mass is 244 g/mol. The van der Waals surface area contributed by atoms with Crippen molar-refractivity contribution in [2.75, 3.05) is 0 Å². The molecule has 0 heteroatoms. The first-order valence-electron chi connectivity index (χ1n) is 7.38. The minimum atomic E-state index is 0.309. The van der Waals surface area contributed by atoms with Gasteiger partial charge in [-0.3, -0.25) is 0 Å². The molecule has 0 nitrogen and oxygen atoms in total. The van der Waals surface area contributed by atoms with E-state index in [-0.39, 0.29) is 0 Å². The van der Waals surface area contributed by atoms with Gasteiger partial charge in [0.2, 0.25) is 0 Å². The van der Waals surface area contributed by atoms with Crippen molar-refractivity contribution in [1.29, 1.82) is 0 Å². The van der Waals surface area contributed by atoms with Crippen LogP contribution in [0.4, 0.5) is 0 Å². The molecule has 0 saturated heterocycles. The molecule has 2 rings (SSSR count). The Kier molecular flexibility index (Phi) is 3.34. The Morgan fingerprint density at radius 2 is 1.50 bits per heavy atom. The highest BCUT2D eigenvalue weighted by atomic mass is 14.5. The van der Waals surface area contributed by atoms with Crippen molar-refractivity contribution in [2.45, 2.75) is 59.8 Å². The number of rotatable bonds is 2. The summed E-state index contributed by atoms with van der Waals surface area (Å²) in [6.45, 7) is 14.5. The summed E-state index contributed by atoms with van der Waals surface area (Å²) in [5.74, 6) is 1.48. The molecule has 0 fully saturated rings. The lowest BCUT2D eigenvalue weighted by atomic mass is 9.53. The summed E-state index contributed by atoms with van der Waals surface area (Å²) in [4.78, 5) is 0. The van der Waals surface area contributed by atoms with Crippen LogP contribution < -0.4 is 0 Å². The first-order valence-corrected chi connectivity index (χ1v) is 7.38. The van der Waals surface area contributed by atoms with E-state index in [1.54, 1.807) is 11.1 Å². The van der Waals surface area contributed by atoms with Crippen molar-refractivity contribution in [3.8, 4) is 0 Å². The molecule has 1 aromatic carbocycles. The minimum Gasteiger partial charge on any atom is -0.0622 e. The molecule has 1 aliphatic carbocycles. The van der Waals surface area contributed by atoms with E-state index in [2.05, 4.69) is 65.8 Å². The molecule has 0 aliphatic heterocycles. The molecular formula is C18H28. The highest BCUT2D eigenvalue weighted by Gasteiger charge is 2.46. The van der Waals surface area contributed by atoms with Crippen molar-refractivity contribution in [2.24, 2.45) is 17.3 Å². The molecule has 0 saturated carbocycles. The zero-order chi connectivity index (χ0) is 13.6. The predicted molar refractivity (Wildman–Crippen MR) is 79.9 cm³/mol. The van der Waals surface area contributed by atoms with Crippen molar-refractivity contribution in [3.63, 3.8) is 0 Å². The molecule has 0 atom stereocenters. The van der Waals surface area contributed by atoms with E-state index in [9.17, 15) is 0 Å². The molecule has 0 unspecified atom stereocenters. The van der Waals surface area contributed by atoms with Gasteiger partial charge in [-0.25, -0.2) is 0 Å². The van der Waals surface area contributed by atoms with Gasteiger partial charge in [0.1, 0.15) is 0 Å². The second-order valence-corrected chi connectivity index (χ2v) is 7.44. The van der Waals surface area contributed by atoms with Crippen LogP contribution in [-0.2, 0) is 11.8 Å². The maximum Gasteiger partial charge on any atom is -0.00952 e. The van der Waals surface area contributed by atoms with E-state index < -0.39 is 0 Å². The minimum absolute atomic E-state index is 0.309. The van der Waals surface area contributed by atoms with E-state index in [0.717, 1.165) is 11.8 Å². The van der Waals surface area contributed by atoms with Crippen LogP contribution >= 0.6 is 0 Å². The van der Waals surface area contributed by atoms with Gasteiger partial charge in [0.05, 0.1) is 0 Å². The van der Waals surface area contributed by atoms with Gasteiger partial charge in [-0.05, 0) is 46.6 Å². The van der Waals surface area contributed by atoms with Gasteiger partial charge in [0.25, 0.3) is 0 Å². The Morgan fingerprint density at radius 1 is 0.944 bits per heavy atom. The number of hydrogen-bond acceptors (Lipinski definition) is 0. The maximum absolute atomic E-state index is 2.42. The Labute approximate surface area is 113 Å². The van der Waals surface area contributed by atoms with Crippen molar-refractivity contribution in [3.05, 3.63) is 35.4 Å². The molecule has 0 aromatic heterocycles. The highest BCUT2D eigenvalue weighted by molar-refractivity contribution is 5.37. The Balaban J connectivity index is 2.54. The fraction of sp³-hybridized carbons (Fsp3) is 0.667. The lowest BCUT2D eigenvalue weighted by Gasteiger charge is -2.51. The molecular weight excluding hydrogens is 216 g/mol. The van der Waals surface area contributed by atoms with Crippen LogP contribution in [0.5, 0.6) is 0 Å². The topological polar surface area (TPSA) is 0 Å². The second-order valence-electron chi connectivity index (χ2n) is 7.44. The van der Waals surface area contributed by atoms with Gasteiger partial charge >= 0.3 is 0 Å². The summed E-state index contributed by atoms with van der Waals surface area (Å²) in [5, 5.41) is 0. The van der Waals surface area contributed by atoms with E-state index in [1.165, 1.54) is 12.8 Å². The van der Waals surface area contributed by atoms with Gasteiger partial charge in [-0.2, -0.15) is 0 Å². The maximum atomic E-state index is 2.42. The smallest absolute Gasteiger partial charge is 0.00952 e. The lowest BCUT2D eigenvalue weighted by molar-refractivity contribution is 0.0577. The van der Waals surface area contributed by atoms with Gasteiger partial charge in [0, 0.05) is 0 Å². The number of hydrogen-bond donors (Lipinski definition) is 0. The molecule has 0 radical (unpaired) electrons. The van der Waals surface area contributed by atoms with E-state index in [1.807, 2.05) is 0 Å². The van der Waals surface area contributed by atoms with Gasteiger partial charge < -0.3 is 0 Å². The molecule has 0 heterocycles. The Bertz CT molecular complexity index is 415. The third-order valence-electron chi connectivity index (χ3n) is 5.34. The second kappa shape index (κ2) is 4.40. The Hall–Kier alpha value is -0.780. The first kappa shape index (κ1) is 13.6. The summed E-state index contributed by atoms with van der Waals surface area (Å²) in [6.07, 6.45) is 2.56. The summed E-state index contributed by atoms with van der Waals surface area (Å²) in [6, 6.07) is 9.07. The van der Waals surface area contributed by atoms with Crippen LogP contribution in [0, 0.1) is 17.3 Å². The summed E-state index contributed by atoms with van der Waals surface area (Å²) in [5.41, 5.74) is 3.92. The number of fused-ring (bicyclic) bond motifs is 1.